The molecule has 3 aromatic rings. The lowest BCUT2D eigenvalue weighted by molar-refractivity contribution is 0.786. The second kappa shape index (κ2) is 5.58. The highest BCUT2D eigenvalue weighted by atomic mass is 79.9. The number of rotatable bonds is 3. The molecule has 1 N–H and O–H groups in total. The van der Waals surface area contributed by atoms with Gasteiger partial charge in [0.2, 0.25) is 0 Å². The maximum absolute atomic E-state index is 4.69. The number of halogens is 1. The third-order valence-electron chi connectivity index (χ3n) is 3.54. The van der Waals surface area contributed by atoms with E-state index in [0.29, 0.717) is 0 Å². The van der Waals surface area contributed by atoms with Gasteiger partial charge in [-0.15, -0.1) is 0 Å². The van der Waals surface area contributed by atoms with Crippen molar-refractivity contribution in [3.63, 3.8) is 0 Å². The molecule has 0 bridgehead atoms. The van der Waals surface area contributed by atoms with Gasteiger partial charge >= 0.3 is 0 Å². The smallest absolute Gasteiger partial charge is 0.0761 e. The molecular weight excluding hydrogens is 328 g/mol. The van der Waals surface area contributed by atoms with Gasteiger partial charge in [0.1, 0.15) is 0 Å². The first kappa shape index (κ1) is 14.2. The molecule has 0 amide bonds. The molecular formula is C16H17BrN4. The second-order valence-corrected chi connectivity index (χ2v) is 5.87. The molecule has 0 spiro atoms. The standard InChI is InChI=1S/C16H17BrN4/c1-10-16(17)11(2)21(20-10)15-8-12(9-18-3)19-14-7-5-4-6-13(14)15/h4-8,18H,9H2,1-3H3. The third-order valence-corrected chi connectivity index (χ3v) is 4.68. The first-order valence-electron chi connectivity index (χ1n) is 6.87. The van der Waals surface area contributed by atoms with Crippen LogP contribution >= 0.6 is 15.9 Å². The van der Waals surface area contributed by atoms with Crippen LogP contribution in [-0.2, 0) is 6.54 Å². The fraction of sp³-hybridized carbons (Fsp3) is 0.250. The number of hydrogen-bond donors (Lipinski definition) is 1. The molecule has 2 heterocycles. The van der Waals surface area contributed by atoms with Crippen molar-refractivity contribution in [1.82, 2.24) is 20.1 Å². The average molecular weight is 345 g/mol. The number of aromatic nitrogens is 3. The minimum atomic E-state index is 0.734. The van der Waals surface area contributed by atoms with E-state index in [4.69, 9.17) is 4.98 Å². The van der Waals surface area contributed by atoms with Crippen LogP contribution in [0.15, 0.2) is 34.8 Å². The number of para-hydroxylation sites is 1. The van der Waals surface area contributed by atoms with Crippen molar-refractivity contribution in [2.75, 3.05) is 7.05 Å². The summed E-state index contributed by atoms with van der Waals surface area (Å²) in [6.45, 7) is 4.81. The predicted molar refractivity (Wildman–Crippen MR) is 88.8 cm³/mol. The van der Waals surface area contributed by atoms with Crippen molar-refractivity contribution in [1.29, 1.82) is 0 Å². The molecule has 0 aliphatic rings. The Morgan fingerprint density at radius 1 is 1.24 bits per heavy atom. The number of aryl methyl sites for hydroxylation is 1. The summed E-state index contributed by atoms with van der Waals surface area (Å²) in [5.74, 6) is 0. The SMILES string of the molecule is CNCc1cc(-n2nc(C)c(Br)c2C)c2ccccc2n1. The number of nitrogens with zero attached hydrogens (tertiary/aromatic N) is 3. The number of fused-ring (bicyclic) bond motifs is 1. The van der Waals surface area contributed by atoms with Crippen molar-refractivity contribution in [3.8, 4) is 5.69 Å². The van der Waals surface area contributed by atoms with Crippen LogP contribution in [0.5, 0.6) is 0 Å². The average Bonchev–Trinajstić information content (AvgIpc) is 2.74. The molecule has 2 aromatic heterocycles. The first-order valence-corrected chi connectivity index (χ1v) is 7.66. The Morgan fingerprint density at radius 2 is 2.00 bits per heavy atom. The van der Waals surface area contributed by atoms with E-state index in [9.17, 15) is 0 Å². The van der Waals surface area contributed by atoms with Crippen molar-refractivity contribution < 1.29 is 0 Å². The van der Waals surface area contributed by atoms with Crippen LogP contribution in [0.25, 0.3) is 16.6 Å². The van der Waals surface area contributed by atoms with Gasteiger partial charge in [-0.2, -0.15) is 5.10 Å². The Bertz CT molecular complexity index is 807. The number of pyridine rings is 1. The molecule has 1 aromatic carbocycles. The minimum Gasteiger partial charge on any atom is -0.314 e. The Kier molecular flexibility index (Phi) is 3.78. The Balaban J connectivity index is 2.31. The highest BCUT2D eigenvalue weighted by Crippen LogP contribution is 2.27. The minimum absolute atomic E-state index is 0.734. The number of nitrogens with one attached hydrogen (secondary N) is 1. The molecule has 0 aliphatic heterocycles. The molecule has 0 aliphatic carbocycles. The lowest BCUT2D eigenvalue weighted by Crippen LogP contribution is -2.09. The van der Waals surface area contributed by atoms with Crippen LogP contribution < -0.4 is 5.32 Å². The Morgan fingerprint density at radius 3 is 2.67 bits per heavy atom. The number of benzene rings is 1. The van der Waals surface area contributed by atoms with Gasteiger partial charge in [-0.25, -0.2) is 4.68 Å². The molecule has 0 atom stereocenters. The molecule has 0 unspecified atom stereocenters. The van der Waals surface area contributed by atoms with E-state index in [1.165, 1.54) is 0 Å². The van der Waals surface area contributed by atoms with Crippen LogP contribution in [0.2, 0.25) is 0 Å². The van der Waals surface area contributed by atoms with Crippen LogP contribution in [0.3, 0.4) is 0 Å². The van der Waals surface area contributed by atoms with Crippen molar-refractivity contribution in [2.45, 2.75) is 20.4 Å². The van der Waals surface area contributed by atoms with Crippen molar-refractivity contribution in [3.05, 3.63) is 51.9 Å². The molecule has 0 radical (unpaired) electrons. The summed E-state index contributed by atoms with van der Waals surface area (Å²) in [6, 6.07) is 10.3. The van der Waals surface area contributed by atoms with Crippen LogP contribution in [0.4, 0.5) is 0 Å². The molecule has 108 valence electrons. The lowest BCUT2D eigenvalue weighted by Gasteiger charge is -2.11. The molecule has 0 saturated carbocycles. The van der Waals surface area contributed by atoms with Crippen LogP contribution in [0, 0.1) is 13.8 Å². The van der Waals surface area contributed by atoms with E-state index in [1.54, 1.807) is 0 Å². The predicted octanol–water partition coefficient (Wildman–Crippen LogP) is 3.52. The van der Waals surface area contributed by atoms with Gasteiger partial charge in [-0.05, 0) is 49.0 Å². The number of hydrogen-bond acceptors (Lipinski definition) is 3. The zero-order chi connectivity index (χ0) is 15.0. The zero-order valence-corrected chi connectivity index (χ0v) is 13.9. The lowest BCUT2D eigenvalue weighted by atomic mass is 10.1. The summed E-state index contributed by atoms with van der Waals surface area (Å²) in [7, 11) is 1.93. The Labute approximate surface area is 132 Å². The van der Waals surface area contributed by atoms with Crippen molar-refractivity contribution >= 4 is 26.8 Å². The summed E-state index contributed by atoms with van der Waals surface area (Å²) >= 11 is 3.60. The topological polar surface area (TPSA) is 42.7 Å². The highest BCUT2D eigenvalue weighted by Gasteiger charge is 2.14. The fourth-order valence-electron chi connectivity index (χ4n) is 2.52. The van der Waals surface area contributed by atoms with Crippen LogP contribution in [-0.4, -0.2) is 21.8 Å². The summed E-state index contributed by atoms with van der Waals surface area (Å²) < 4.78 is 3.04. The molecule has 4 nitrogen and oxygen atoms in total. The Hall–Kier alpha value is -1.72. The van der Waals surface area contributed by atoms with Gasteiger partial charge in [-0.3, -0.25) is 4.98 Å². The van der Waals surface area contributed by atoms with Gasteiger partial charge in [0.05, 0.1) is 32.8 Å². The molecule has 5 heteroatoms. The second-order valence-electron chi connectivity index (χ2n) is 5.08. The van der Waals surface area contributed by atoms with E-state index < -0.39 is 0 Å². The fourth-order valence-corrected chi connectivity index (χ4v) is 2.76. The molecule has 21 heavy (non-hydrogen) atoms. The third kappa shape index (κ3) is 2.47. The van der Waals surface area contributed by atoms with E-state index in [-0.39, 0.29) is 0 Å². The summed E-state index contributed by atoms with van der Waals surface area (Å²) in [5, 5.41) is 8.92. The molecule has 0 saturated heterocycles. The summed E-state index contributed by atoms with van der Waals surface area (Å²) in [6.07, 6.45) is 0. The summed E-state index contributed by atoms with van der Waals surface area (Å²) in [4.78, 5) is 4.69. The van der Waals surface area contributed by atoms with Gasteiger partial charge < -0.3 is 5.32 Å². The quantitative estimate of drug-likeness (QED) is 0.790. The van der Waals surface area contributed by atoms with Gasteiger partial charge in [-0.1, -0.05) is 18.2 Å². The molecule has 3 rings (SSSR count). The van der Waals surface area contributed by atoms with Gasteiger partial charge in [0.25, 0.3) is 0 Å². The van der Waals surface area contributed by atoms with Crippen molar-refractivity contribution in [2.24, 2.45) is 0 Å². The monoisotopic (exact) mass is 344 g/mol. The van der Waals surface area contributed by atoms with E-state index in [2.05, 4.69) is 45.4 Å². The van der Waals surface area contributed by atoms with E-state index >= 15 is 0 Å². The maximum Gasteiger partial charge on any atom is 0.0761 e. The normalized spacial score (nSPS) is 11.2. The van der Waals surface area contributed by atoms with E-state index in [0.717, 1.165) is 44.7 Å². The van der Waals surface area contributed by atoms with Gasteiger partial charge in [0.15, 0.2) is 0 Å². The van der Waals surface area contributed by atoms with Gasteiger partial charge in [0, 0.05) is 11.9 Å². The van der Waals surface area contributed by atoms with Crippen LogP contribution in [0.1, 0.15) is 17.1 Å². The first-order chi connectivity index (χ1) is 10.1. The van der Waals surface area contributed by atoms with E-state index in [1.807, 2.05) is 36.9 Å². The highest BCUT2D eigenvalue weighted by molar-refractivity contribution is 9.10. The largest absolute Gasteiger partial charge is 0.314 e. The maximum atomic E-state index is 4.69. The molecule has 0 fully saturated rings. The summed E-state index contributed by atoms with van der Waals surface area (Å²) in [5.41, 5.74) is 5.15. The zero-order valence-electron chi connectivity index (χ0n) is 12.3.